The molecule has 0 radical (unpaired) electrons. The number of carboxylic acids is 1. The highest BCUT2D eigenvalue weighted by Gasteiger charge is 2.11. The van der Waals surface area contributed by atoms with Gasteiger partial charge in [-0.3, -0.25) is 0 Å². The summed E-state index contributed by atoms with van der Waals surface area (Å²) in [5.41, 5.74) is 0.642. The largest absolute Gasteiger partial charge is 0.476 e. The van der Waals surface area contributed by atoms with Gasteiger partial charge in [-0.2, -0.15) is 0 Å². The Morgan fingerprint density at radius 2 is 2.46 bits per heavy atom. The summed E-state index contributed by atoms with van der Waals surface area (Å²) in [4.78, 5) is 17.0. The smallest absolute Gasteiger partial charge is 0.357 e. The third-order valence-corrected chi connectivity index (χ3v) is 1.57. The SMILES string of the molecule is O=C(O)c1coc(-c2cc[nH]c2)n1. The zero-order chi connectivity index (χ0) is 9.26. The van der Waals surface area contributed by atoms with Crippen LogP contribution in [0.5, 0.6) is 0 Å². The first kappa shape index (κ1) is 7.60. The lowest BCUT2D eigenvalue weighted by Gasteiger charge is -1.84. The van der Waals surface area contributed by atoms with Crippen LogP contribution in [0, 0.1) is 0 Å². The molecule has 0 fully saturated rings. The number of carbonyl (C=O) groups is 1. The van der Waals surface area contributed by atoms with Gasteiger partial charge in [-0.25, -0.2) is 9.78 Å². The molecule has 0 unspecified atom stereocenters. The zero-order valence-electron chi connectivity index (χ0n) is 6.52. The predicted molar refractivity (Wildman–Crippen MR) is 43.2 cm³/mol. The van der Waals surface area contributed by atoms with Gasteiger partial charge >= 0.3 is 5.97 Å². The zero-order valence-corrected chi connectivity index (χ0v) is 6.52. The molecular weight excluding hydrogens is 172 g/mol. The molecule has 0 aliphatic rings. The van der Waals surface area contributed by atoms with Crippen molar-refractivity contribution in [1.82, 2.24) is 9.97 Å². The number of carboxylic acid groups (broad SMARTS) is 1. The van der Waals surface area contributed by atoms with Crippen LogP contribution >= 0.6 is 0 Å². The molecule has 0 saturated carbocycles. The standard InChI is InChI=1S/C8H6N2O3/c11-8(12)6-4-13-7(10-6)5-1-2-9-3-5/h1-4,9H,(H,11,12). The summed E-state index contributed by atoms with van der Waals surface area (Å²) in [6.07, 6.45) is 4.50. The van der Waals surface area contributed by atoms with Crippen molar-refractivity contribution < 1.29 is 14.3 Å². The Morgan fingerprint density at radius 3 is 3.00 bits per heavy atom. The third kappa shape index (κ3) is 1.31. The van der Waals surface area contributed by atoms with E-state index in [-0.39, 0.29) is 5.69 Å². The maximum absolute atomic E-state index is 10.5. The van der Waals surface area contributed by atoms with Gasteiger partial charge in [0, 0.05) is 12.4 Å². The number of oxazole rings is 1. The molecule has 0 amide bonds. The fourth-order valence-electron chi connectivity index (χ4n) is 0.961. The summed E-state index contributed by atoms with van der Waals surface area (Å²) in [5.74, 6) is -0.788. The molecule has 0 spiro atoms. The number of nitrogens with zero attached hydrogens (tertiary/aromatic N) is 1. The lowest BCUT2D eigenvalue weighted by atomic mass is 10.3. The third-order valence-electron chi connectivity index (χ3n) is 1.57. The first-order valence-electron chi connectivity index (χ1n) is 3.59. The first-order chi connectivity index (χ1) is 6.27. The molecule has 5 nitrogen and oxygen atoms in total. The first-order valence-corrected chi connectivity index (χ1v) is 3.59. The fraction of sp³-hybridized carbons (Fsp3) is 0. The molecule has 5 heteroatoms. The van der Waals surface area contributed by atoms with E-state index < -0.39 is 5.97 Å². The van der Waals surface area contributed by atoms with Gasteiger partial charge in [0.05, 0.1) is 5.56 Å². The van der Waals surface area contributed by atoms with Crippen molar-refractivity contribution in [2.45, 2.75) is 0 Å². The van der Waals surface area contributed by atoms with Crippen LogP contribution in [0.25, 0.3) is 11.5 Å². The molecule has 2 heterocycles. The minimum Gasteiger partial charge on any atom is -0.476 e. The number of aromatic carboxylic acids is 1. The van der Waals surface area contributed by atoms with Crippen LogP contribution < -0.4 is 0 Å². The van der Waals surface area contributed by atoms with E-state index in [1.807, 2.05) is 0 Å². The van der Waals surface area contributed by atoms with Gasteiger partial charge in [0.25, 0.3) is 0 Å². The van der Waals surface area contributed by atoms with Crippen molar-refractivity contribution in [2.24, 2.45) is 0 Å². The van der Waals surface area contributed by atoms with Crippen molar-refractivity contribution in [2.75, 3.05) is 0 Å². The molecule has 0 bridgehead atoms. The van der Waals surface area contributed by atoms with E-state index >= 15 is 0 Å². The second-order valence-corrected chi connectivity index (χ2v) is 2.44. The Kier molecular flexibility index (Phi) is 1.63. The summed E-state index contributed by atoms with van der Waals surface area (Å²) in [6, 6.07) is 1.75. The monoisotopic (exact) mass is 178 g/mol. The van der Waals surface area contributed by atoms with E-state index in [1.54, 1.807) is 18.5 Å². The van der Waals surface area contributed by atoms with E-state index in [1.165, 1.54) is 0 Å². The molecule has 13 heavy (non-hydrogen) atoms. The van der Waals surface area contributed by atoms with Gasteiger partial charge < -0.3 is 14.5 Å². The van der Waals surface area contributed by atoms with Crippen LogP contribution in [0.3, 0.4) is 0 Å². The summed E-state index contributed by atoms with van der Waals surface area (Å²) in [7, 11) is 0. The summed E-state index contributed by atoms with van der Waals surface area (Å²) < 4.78 is 4.96. The lowest BCUT2D eigenvalue weighted by molar-refractivity contribution is 0.0690. The van der Waals surface area contributed by atoms with E-state index in [0.29, 0.717) is 5.89 Å². The maximum atomic E-state index is 10.5. The number of hydrogen-bond donors (Lipinski definition) is 2. The van der Waals surface area contributed by atoms with Crippen molar-refractivity contribution >= 4 is 5.97 Å². The van der Waals surface area contributed by atoms with Crippen LogP contribution in [0.4, 0.5) is 0 Å². The average molecular weight is 178 g/mol. The molecule has 0 aliphatic carbocycles. The molecule has 0 atom stereocenters. The van der Waals surface area contributed by atoms with Crippen LogP contribution in [0.1, 0.15) is 10.5 Å². The molecule has 2 aromatic heterocycles. The van der Waals surface area contributed by atoms with Gasteiger partial charge in [-0.1, -0.05) is 0 Å². The highest BCUT2D eigenvalue weighted by molar-refractivity contribution is 5.85. The van der Waals surface area contributed by atoms with Crippen LogP contribution in [0.15, 0.2) is 29.1 Å². The molecule has 2 rings (SSSR count). The van der Waals surface area contributed by atoms with Crippen molar-refractivity contribution in [3.05, 3.63) is 30.4 Å². The molecular formula is C8H6N2O3. The summed E-state index contributed by atoms with van der Waals surface area (Å²) in [6.45, 7) is 0. The predicted octanol–water partition coefficient (Wildman–Crippen LogP) is 1.37. The molecule has 0 saturated heterocycles. The van der Waals surface area contributed by atoms with E-state index in [4.69, 9.17) is 9.52 Å². The highest BCUT2D eigenvalue weighted by atomic mass is 16.4. The molecule has 0 aromatic carbocycles. The number of rotatable bonds is 2. The Bertz CT molecular complexity index is 416. The number of nitrogens with one attached hydrogen (secondary N) is 1. The number of H-pyrrole nitrogens is 1. The fourth-order valence-corrected chi connectivity index (χ4v) is 0.961. The van der Waals surface area contributed by atoms with Crippen LogP contribution in [0.2, 0.25) is 0 Å². The Hall–Kier alpha value is -2.04. The van der Waals surface area contributed by atoms with Gasteiger partial charge in [0.2, 0.25) is 5.89 Å². The minimum absolute atomic E-state index is 0.0869. The summed E-state index contributed by atoms with van der Waals surface area (Å²) in [5, 5.41) is 8.57. The normalized spacial score (nSPS) is 10.2. The van der Waals surface area contributed by atoms with E-state index in [2.05, 4.69) is 9.97 Å². The topological polar surface area (TPSA) is 79.1 Å². The Morgan fingerprint density at radius 1 is 1.62 bits per heavy atom. The van der Waals surface area contributed by atoms with Crippen LogP contribution in [-0.4, -0.2) is 21.0 Å². The Balaban J connectivity index is 2.39. The van der Waals surface area contributed by atoms with Gasteiger partial charge in [-0.15, -0.1) is 0 Å². The van der Waals surface area contributed by atoms with E-state index in [9.17, 15) is 4.79 Å². The quantitative estimate of drug-likeness (QED) is 0.727. The van der Waals surface area contributed by atoms with Gasteiger partial charge in [0.15, 0.2) is 5.69 Å². The number of hydrogen-bond acceptors (Lipinski definition) is 3. The highest BCUT2D eigenvalue weighted by Crippen LogP contribution is 2.17. The number of aromatic amines is 1. The van der Waals surface area contributed by atoms with Gasteiger partial charge in [-0.05, 0) is 6.07 Å². The second kappa shape index (κ2) is 2.78. The molecule has 2 aromatic rings. The minimum atomic E-state index is -1.09. The van der Waals surface area contributed by atoms with E-state index in [0.717, 1.165) is 11.8 Å². The summed E-state index contributed by atoms with van der Waals surface area (Å²) >= 11 is 0. The maximum Gasteiger partial charge on any atom is 0.357 e. The molecule has 66 valence electrons. The van der Waals surface area contributed by atoms with Crippen molar-refractivity contribution in [3.63, 3.8) is 0 Å². The number of aromatic nitrogens is 2. The second-order valence-electron chi connectivity index (χ2n) is 2.44. The molecule has 2 N–H and O–H groups in total. The Labute approximate surface area is 73.0 Å². The van der Waals surface area contributed by atoms with Crippen molar-refractivity contribution in [3.8, 4) is 11.5 Å². The van der Waals surface area contributed by atoms with Gasteiger partial charge in [0.1, 0.15) is 6.26 Å². The molecule has 0 aliphatic heterocycles. The van der Waals surface area contributed by atoms with Crippen molar-refractivity contribution in [1.29, 1.82) is 0 Å². The average Bonchev–Trinajstić information content (AvgIpc) is 2.75. The van der Waals surface area contributed by atoms with Crippen LogP contribution in [-0.2, 0) is 0 Å². The lowest BCUT2D eigenvalue weighted by Crippen LogP contribution is -1.95.